The molecule has 5 heteroatoms. The fraction of sp³-hybridized carbons (Fsp3) is 0.286. The number of nitrogens with one attached hydrogen (secondary N) is 1. The van der Waals surface area contributed by atoms with Crippen molar-refractivity contribution in [1.29, 1.82) is 0 Å². The molecule has 0 spiro atoms. The minimum Gasteiger partial charge on any atom is -0.348 e. The standard InChI is InChI=1S/C14H17N5/c1-2-12-13(18-15)16-9-17-14(12)19-7-10-5-3-4-6-11(10)8-19/h3-6,9H,2,7-8,15H2,1H3,(H,16,17,18). The van der Waals surface area contributed by atoms with Gasteiger partial charge >= 0.3 is 0 Å². The van der Waals surface area contributed by atoms with Crippen molar-refractivity contribution in [2.75, 3.05) is 10.3 Å². The summed E-state index contributed by atoms with van der Waals surface area (Å²) in [4.78, 5) is 10.9. The molecule has 5 nitrogen and oxygen atoms in total. The van der Waals surface area contributed by atoms with Crippen molar-refractivity contribution in [2.45, 2.75) is 26.4 Å². The van der Waals surface area contributed by atoms with E-state index < -0.39 is 0 Å². The molecule has 0 fully saturated rings. The van der Waals surface area contributed by atoms with Crippen molar-refractivity contribution >= 4 is 11.6 Å². The topological polar surface area (TPSA) is 67.1 Å². The molecule has 3 N–H and O–H groups in total. The number of benzene rings is 1. The second kappa shape index (κ2) is 4.85. The fourth-order valence-electron chi connectivity index (χ4n) is 2.61. The van der Waals surface area contributed by atoms with E-state index in [1.807, 2.05) is 0 Å². The van der Waals surface area contributed by atoms with Gasteiger partial charge in [0.25, 0.3) is 0 Å². The molecule has 0 aliphatic carbocycles. The number of aromatic nitrogens is 2. The monoisotopic (exact) mass is 255 g/mol. The molecule has 1 aliphatic heterocycles. The molecule has 98 valence electrons. The average molecular weight is 255 g/mol. The zero-order chi connectivity index (χ0) is 13.2. The number of fused-ring (bicyclic) bond motifs is 1. The van der Waals surface area contributed by atoms with Gasteiger partial charge in [-0.3, -0.25) is 0 Å². The van der Waals surface area contributed by atoms with Crippen LogP contribution < -0.4 is 16.2 Å². The third-order valence-corrected chi connectivity index (χ3v) is 3.55. The van der Waals surface area contributed by atoms with Gasteiger partial charge in [-0.05, 0) is 17.5 Å². The van der Waals surface area contributed by atoms with Gasteiger partial charge in [-0.15, -0.1) is 0 Å². The van der Waals surface area contributed by atoms with Gasteiger partial charge in [0.2, 0.25) is 0 Å². The highest BCUT2D eigenvalue weighted by Crippen LogP contribution is 2.31. The Balaban J connectivity index is 1.97. The average Bonchev–Trinajstić information content (AvgIpc) is 2.89. The summed E-state index contributed by atoms with van der Waals surface area (Å²) in [5.74, 6) is 7.20. The first-order chi connectivity index (χ1) is 9.33. The molecule has 3 rings (SSSR count). The zero-order valence-corrected chi connectivity index (χ0v) is 10.9. The Hall–Kier alpha value is -2.14. The van der Waals surface area contributed by atoms with Crippen LogP contribution in [-0.4, -0.2) is 9.97 Å². The van der Waals surface area contributed by atoms with E-state index in [-0.39, 0.29) is 0 Å². The third-order valence-electron chi connectivity index (χ3n) is 3.55. The van der Waals surface area contributed by atoms with Gasteiger partial charge in [-0.2, -0.15) is 0 Å². The predicted molar refractivity (Wildman–Crippen MR) is 75.5 cm³/mol. The summed E-state index contributed by atoms with van der Waals surface area (Å²) in [5.41, 5.74) is 6.45. The molecular formula is C14H17N5. The minimum absolute atomic E-state index is 0.712. The van der Waals surface area contributed by atoms with E-state index >= 15 is 0 Å². The van der Waals surface area contributed by atoms with Crippen LogP contribution in [0.15, 0.2) is 30.6 Å². The summed E-state index contributed by atoms with van der Waals surface area (Å²) in [6, 6.07) is 8.50. The van der Waals surface area contributed by atoms with E-state index in [1.54, 1.807) is 6.33 Å². The van der Waals surface area contributed by atoms with E-state index in [2.05, 4.69) is 51.5 Å². The first-order valence-corrected chi connectivity index (χ1v) is 6.45. The van der Waals surface area contributed by atoms with Crippen LogP contribution in [0.2, 0.25) is 0 Å². The highest BCUT2D eigenvalue weighted by atomic mass is 15.3. The molecule has 1 aromatic carbocycles. The summed E-state index contributed by atoms with van der Waals surface area (Å²) in [5, 5.41) is 0. The first kappa shape index (κ1) is 11.9. The van der Waals surface area contributed by atoms with Crippen molar-refractivity contribution < 1.29 is 0 Å². The summed E-state index contributed by atoms with van der Waals surface area (Å²) in [6.07, 6.45) is 2.41. The number of hydrogen-bond donors (Lipinski definition) is 2. The quantitative estimate of drug-likeness (QED) is 0.647. The molecule has 19 heavy (non-hydrogen) atoms. The molecule has 0 radical (unpaired) electrons. The van der Waals surface area contributed by atoms with Crippen molar-refractivity contribution in [3.8, 4) is 0 Å². The lowest BCUT2D eigenvalue weighted by Gasteiger charge is -2.20. The van der Waals surface area contributed by atoms with Gasteiger partial charge in [0.1, 0.15) is 18.0 Å². The maximum Gasteiger partial charge on any atom is 0.148 e. The van der Waals surface area contributed by atoms with Crippen molar-refractivity contribution in [3.63, 3.8) is 0 Å². The number of nitrogens with zero attached hydrogens (tertiary/aromatic N) is 3. The number of hydrogen-bond acceptors (Lipinski definition) is 5. The van der Waals surface area contributed by atoms with Crippen LogP contribution in [0.4, 0.5) is 11.6 Å². The Morgan fingerprint density at radius 3 is 2.47 bits per heavy atom. The van der Waals surface area contributed by atoms with E-state index in [4.69, 9.17) is 5.84 Å². The van der Waals surface area contributed by atoms with Crippen LogP contribution in [0.5, 0.6) is 0 Å². The molecule has 0 atom stereocenters. The van der Waals surface area contributed by atoms with Crippen LogP contribution in [-0.2, 0) is 19.5 Å². The molecule has 0 bridgehead atoms. The van der Waals surface area contributed by atoms with Gasteiger partial charge < -0.3 is 10.3 Å². The van der Waals surface area contributed by atoms with E-state index in [0.717, 1.165) is 30.9 Å². The third kappa shape index (κ3) is 2.02. The number of rotatable bonds is 3. The lowest BCUT2D eigenvalue weighted by Crippen LogP contribution is -2.20. The van der Waals surface area contributed by atoms with Crippen LogP contribution in [0.25, 0.3) is 0 Å². The first-order valence-electron chi connectivity index (χ1n) is 6.45. The Kier molecular flexibility index (Phi) is 3.05. The number of nitrogen functional groups attached to an aromatic ring is 1. The Bertz CT molecular complexity index is 571. The number of nitrogens with two attached hydrogens (primary N) is 1. The highest BCUT2D eigenvalue weighted by Gasteiger charge is 2.22. The molecule has 2 aromatic rings. The van der Waals surface area contributed by atoms with Gasteiger partial charge in [-0.1, -0.05) is 31.2 Å². The maximum atomic E-state index is 5.52. The summed E-state index contributed by atoms with van der Waals surface area (Å²) in [6.45, 7) is 3.88. The number of hydrazine groups is 1. The molecule has 0 saturated heterocycles. The van der Waals surface area contributed by atoms with Crippen molar-refractivity contribution in [1.82, 2.24) is 9.97 Å². The van der Waals surface area contributed by atoms with Crippen LogP contribution in [0, 0.1) is 0 Å². The molecular weight excluding hydrogens is 238 g/mol. The van der Waals surface area contributed by atoms with Crippen molar-refractivity contribution in [2.24, 2.45) is 5.84 Å². The molecule has 1 aliphatic rings. The Labute approximate surface area is 112 Å². The second-order valence-electron chi connectivity index (χ2n) is 4.65. The highest BCUT2D eigenvalue weighted by molar-refractivity contribution is 5.60. The SMILES string of the molecule is CCc1c(NN)ncnc1N1Cc2ccccc2C1. The maximum absolute atomic E-state index is 5.52. The van der Waals surface area contributed by atoms with Gasteiger partial charge in [0.05, 0.1) is 0 Å². The molecule has 0 saturated carbocycles. The van der Waals surface area contributed by atoms with Gasteiger partial charge in [-0.25, -0.2) is 15.8 Å². The molecule has 0 unspecified atom stereocenters. The summed E-state index contributed by atoms with van der Waals surface area (Å²) < 4.78 is 0. The van der Waals surface area contributed by atoms with Gasteiger partial charge in [0.15, 0.2) is 0 Å². The van der Waals surface area contributed by atoms with E-state index in [1.165, 1.54) is 11.1 Å². The lowest BCUT2D eigenvalue weighted by molar-refractivity contribution is 0.834. The Morgan fingerprint density at radius 1 is 1.21 bits per heavy atom. The van der Waals surface area contributed by atoms with Crippen molar-refractivity contribution in [3.05, 3.63) is 47.3 Å². The summed E-state index contributed by atoms with van der Waals surface area (Å²) in [7, 11) is 0. The normalized spacial score (nSPS) is 13.5. The Morgan fingerprint density at radius 2 is 1.89 bits per heavy atom. The van der Waals surface area contributed by atoms with Crippen LogP contribution in [0.3, 0.4) is 0 Å². The van der Waals surface area contributed by atoms with Gasteiger partial charge in [0, 0.05) is 18.7 Å². The van der Waals surface area contributed by atoms with Crippen LogP contribution >= 0.6 is 0 Å². The molecule has 2 heterocycles. The zero-order valence-electron chi connectivity index (χ0n) is 10.9. The second-order valence-corrected chi connectivity index (χ2v) is 4.65. The minimum atomic E-state index is 0.712. The predicted octanol–water partition coefficient (Wildman–Crippen LogP) is 1.84. The molecule has 1 aromatic heterocycles. The smallest absolute Gasteiger partial charge is 0.148 e. The lowest BCUT2D eigenvalue weighted by atomic mass is 10.1. The largest absolute Gasteiger partial charge is 0.348 e. The fourth-order valence-corrected chi connectivity index (χ4v) is 2.61. The molecule has 0 amide bonds. The van der Waals surface area contributed by atoms with E-state index in [9.17, 15) is 0 Å². The van der Waals surface area contributed by atoms with E-state index in [0.29, 0.717) is 5.82 Å². The number of anilines is 2. The van der Waals surface area contributed by atoms with Crippen LogP contribution in [0.1, 0.15) is 23.6 Å². The summed E-state index contributed by atoms with van der Waals surface area (Å²) >= 11 is 0.